The first kappa shape index (κ1) is 23.5. The number of ether oxygens (including phenoxy) is 2. The van der Waals surface area contributed by atoms with Crippen molar-refractivity contribution in [1.82, 2.24) is 5.43 Å². The third kappa shape index (κ3) is 6.41. The molecule has 0 radical (unpaired) electrons. The van der Waals surface area contributed by atoms with Crippen LogP contribution in [0, 0.1) is 6.92 Å². The molecule has 0 aliphatic rings. The van der Waals surface area contributed by atoms with E-state index in [1.165, 1.54) is 19.4 Å². The Balaban J connectivity index is 1.61. The molecule has 3 aromatic carbocycles. The normalized spacial score (nSPS) is 10.5. The number of carbonyl (C=O) groups is 3. The minimum atomic E-state index is -0.921. The summed E-state index contributed by atoms with van der Waals surface area (Å²) >= 11 is 5.83. The summed E-state index contributed by atoms with van der Waals surface area (Å²) < 4.78 is 10.7. The van der Waals surface area contributed by atoms with Crippen molar-refractivity contribution in [3.8, 4) is 11.5 Å². The van der Waals surface area contributed by atoms with E-state index in [1.807, 2.05) is 19.1 Å². The van der Waals surface area contributed by atoms with Gasteiger partial charge in [-0.2, -0.15) is 5.10 Å². The zero-order valence-electron chi connectivity index (χ0n) is 17.8. The standard InChI is InChI=1S/C24H20ClN3O5/c1-15-5-3-4-6-19(15)27-22(29)23(30)28-26-14-16-7-12-20(21(13-16)32-2)33-24(31)17-8-10-18(25)11-9-17/h3-14H,1-2H3,(H,27,29)(H,28,30)/b26-14+. The molecule has 0 aromatic heterocycles. The number of methoxy groups -OCH3 is 1. The predicted molar refractivity (Wildman–Crippen MR) is 125 cm³/mol. The second kappa shape index (κ2) is 10.9. The van der Waals surface area contributed by atoms with Crippen molar-refractivity contribution in [3.05, 3.63) is 88.4 Å². The molecule has 3 aromatic rings. The van der Waals surface area contributed by atoms with E-state index in [4.69, 9.17) is 21.1 Å². The monoisotopic (exact) mass is 465 g/mol. The Kier molecular flexibility index (Phi) is 7.77. The molecule has 8 nitrogen and oxygen atoms in total. The van der Waals surface area contributed by atoms with Crippen LogP contribution in [0.5, 0.6) is 11.5 Å². The molecule has 2 amide bonds. The molecule has 33 heavy (non-hydrogen) atoms. The maximum absolute atomic E-state index is 12.3. The molecule has 0 heterocycles. The first-order chi connectivity index (χ1) is 15.9. The number of aryl methyl sites for hydroxylation is 1. The van der Waals surface area contributed by atoms with E-state index >= 15 is 0 Å². The van der Waals surface area contributed by atoms with E-state index in [1.54, 1.807) is 48.5 Å². The molecule has 0 unspecified atom stereocenters. The average Bonchev–Trinajstić information content (AvgIpc) is 2.81. The number of hydrogen-bond donors (Lipinski definition) is 2. The SMILES string of the molecule is COc1cc(/C=N/NC(=O)C(=O)Nc2ccccc2C)ccc1OC(=O)c1ccc(Cl)cc1. The average molecular weight is 466 g/mol. The fourth-order valence-electron chi connectivity index (χ4n) is 2.70. The summed E-state index contributed by atoms with van der Waals surface area (Å²) in [4.78, 5) is 36.3. The lowest BCUT2D eigenvalue weighted by Crippen LogP contribution is -2.32. The van der Waals surface area contributed by atoms with Gasteiger partial charge in [0.2, 0.25) is 0 Å². The number of hydrazone groups is 1. The molecule has 0 aliphatic carbocycles. The lowest BCUT2D eigenvalue weighted by molar-refractivity contribution is -0.136. The van der Waals surface area contributed by atoms with Crippen molar-refractivity contribution in [1.29, 1.82) is 0 Å². The van der Waals surface area contributed by atoms with E-state index in [2.05, 4.69) is 15.8 Å². The first-order valence-corrected chi connectivity index (χ1v) is 10.1. The minimum Gasteiger partial charge on any atom is -0.493 e. The van der Waals surface area contributed by atoms with Crippen LogP contribution >= 0.6 is 11.6 Å². The summed E-state index contributed by atoms with van der Waals surface area (Å²) in [6, 6.07) is 18.1. The maximum Gasteiger partial charge on any atom is 0.343 e. The quantitative estimate of drug-likeness (QED) is 0.188. The molecule has 0 fully saturated rings. The highest BCUT2D eigenvalue weighted by Gasteiger charge is 2.15. The number of esters is 1. The smallest absolute Gasteiger partial charge is 0.343 e. The second-order valence-corrected chi connectivity index (χ2v) is 7.21. The van der Waals surface area contributed by atoms with Gasteiger partial charge in [0.05, 0.1) is 18.9 Å². The zero-order chi connectivity index (χ0) is 23.8. The Hall–Kier alpha value is -4.17. The fraction of sp³-hybridized carbons (Fsp3) is 0.0833. The van der Waals surface area contributed by atoms with Gasteiger partial charge in [0.25, 0.3) is 0 Å². The van der Waals surface area contributed by atoms with Gasteiger partial charge in [-0.3, -0.25) is 9.59 Å². The van der Waals surface area contributed by atoms with Gasteiger partial charge in [0.15, 0.2) is 11.5 Å². The van der Waals surface area contributed by atoms with E-state index in [9.17, 15) is 14.4 Å². The van der Waals surface area contributed by atoms with Crippen LogP contribution in [0.2, 0.25) is 5.02 Å². The van der Waals surface area contributed by atoms with Crippen LogP contribution in [-0.2, 0) is 9.59 Å². The maximum atomic E-state index is 12.3. The van der Waals surface area contributed by atoms with Crippen molar-refractivity contribution < 1.29 is 23.9 Å². The Bertz CT molecular complexity index is 1210. The van der Waals surface area contributed by atoms with Gasteiger partial charge in [-0.15, -0.1) is 0 Å². The summed E-state index contributed by atoms with van der Waals surface area (Å²) in [7, 11) is 1.42. The molecule has 168 valence electrons. The van der Waals surface area contributed by atoms with E-state index in [-0.39, 0.29) is 11.5 Å². The summed E-state index contributed by atoms with van der Waals surface area (Å²) in [5.41, 5.74) is 4.40. The Morgan fingerprint density at radius 1 is 0.939 bits per heavy atom. The number of hydrogen-bond acceptors (Lipinski definition) is 6. The number of rotatable bonds is 6. The van der Waals surface area contributed by atoms with Crippen molar-refractivity contribution >= 4 is 41.3 Å². The first-order valence-electron chi connectivity index (χ1n) is 9.73. The van der Waals surface area contributed by atoms with Crippen LogP contribution in [-0.4, -0.2) is 31.1 Å². The minimum absolute atomic E-state index is 0.205. The largest absolute Gasteiger partial charge is 0.493 e. The van der Waals surface area contributed by atoms with Crippen LogP contribution in [0.1, 0.15) is 21.5 Å². The molecular weight excluding hydrogens is 446 g/mol. The van der Waals surface area contributed by atoms with Gasteiger partial charge in [0.1, 0.15) is 0 Å². The number of para-hydroxylation sites is 1. The van der Waals surface area contributed by atoms with Crippen LogP contribution < -0.4 is 20.2 Å². The molecule has 3 rings (SSSR count). The topological polar surface area (TPSA) is 106 Å². The number of anilines is 1. The fourth-order valence-corrected chi connectivity index (χ4v) is 2.83. The molecule has 0 saturated carbocycles. The molecule has 2 N–H and O–H groups in total. The molecule has 9 heteroatoms. The Labute approximate surface area is 195 Å². The summed E-state index contributed by atoms with van der Waals surface area (Å²) in [6.07, 6.45) is 1.33. The van der Waals surface area contributed by atoms with Crippen molar-refractivity contribution in [2.45, 2.75) is 6.92 Å². The van der Waals surface area contributed by atoms with Gasteiger partial charge < -0.3 is 14.8 Å². The predicted octanol–water partition coefficient (Wildman–Crippen LogP) is 3.97. The van der Waals surface area contributed by atoms with Crippen LogP contribution in [0.25, 0.3) is 0 Å². The highest BCUT2D eigenvalue weighted by Crippen LogP contribution is 2.28. The Morgan fingerprint density at radius 2 is 1.67 bits per heavy atom. The number of amides is 2. The number of benzene rings is 3. The molecule has 0 bridgehead atoms. The molecule has 0 atom stereocenters. The number of nitrogens with one attached hydrogen (secondary N) is 2. The van der Waals surface area contributed by atoms with Crippen molar-refractivity contribution in [3.63, 3.8) is 0 Å². The lowest BCUT2D eigenvalue weighted by Gasteiger charge is -2.10. The number of carbonyl (C=O) groups excluding carboxylic acids is 3. The number of halogens is 1. The van der Waals surface area contributed by atoms with Crippen molar-refractivity contribution in [2.75, 3.05) is 12.4 Å². The third-order valence-corrected chi connectivity index (χ3v) is 4.70. The van der Waals surface area contributed by atoms with Gasteiger partial charge in [0, 0.05) is 10.7 Å². The van der Waals surface area contributed by atoms with E-state index in [0.29, 0.717) is 21.8 Å². The second-order valence-electron chi connectivity index (χ2n) is 6.77. The number of nitrogens with zero attached hydrogens (tertiary/aromatic N) is 1. The van der Waals surface area contributed by atoms with Gasteiger partial charge in [-0.25, -0.2) is 10.2 Å². The summed E-state index contributed by atoms with van der Waals surface area (Å²) in [5, 5.41) is 6.81. The molecular formula is C24H20ClN3O5. The van der Waals surface area contributed by atoms with Crippen LogP contribution in [0.3, 0.4) is 0 Å². The van der Waals surface area contributed by atoms with E-state index in [0.717, 1.165) is 5.56 Å². The van der Waals surface area contributed by atoms with Crippen LogP contribution in [0.15, 0.2) is 71.8 Å². The third-order valence-electron chi connectivity index (χ3n) is 4.45. The zero-order valence-corrected chi connectivity index (χ0v) is 18.6. The lowest BCUT2D eigenvalue weighted by atomic mass is 10.2. The summed E-state index contributed by atoms with van der Waals surface area (Å²) in [5.74, 6) is -1.85. The van der Waals surface area contributed by atoms with Gasteiger partial charge >= 0.3 is 17.8 Å². The van der Waals surface area contributed by atoms with Gasteiger partial charge in [-0.1, -0.05) is 29.8 Å². The molecule has 0 aliphatic heterocycles. The molecule has 0 spiro atoms. The van der Waals surface area contributed by atoms with E-state index < -0.39 is 17.8 Å². The highest BCUT2D eigenvalue weighted by molar-refractivity contribution is 6.39. The molecule has 0 saturated heterocycles. The van der Waals surface area contributed by atoms with Crippen LogP contribution in [0.4, 0.5) is 5.69 Å². The summed E-state index contributed by atoms with van der Waals surface area (Å²) in [6.45, 7) is 1.81. The highest BCUT2D eigenvalue weighted by atomic mass is 35.5. The Morgan fingerprint density at radius 3 is 2.36 bits per heavy atom. The van der Waals surface area contributed by atoms with Gasteiger partial charge in [-0.05, 0) is 66.6 Å². The van der Waals surface area contributed by atoms with Crippen molar-refractivity contribution in [2.24, 2.45) is 5.10 Å².